The summed E-state index contributed by atoms with van der Waals surface area (Å²) in [6, 6.07) is 10.4. The molecule has 2 saturated heterocycles. The van der Waals surface area contributed by atoms with E-state index in [0.29, 0.717) is 75.0 Å². The first-order valence-electron chi connectivity index (χ1n) is 22.9. The zero-order valence-corrected chi connectivity index (χ0v) is 37.9. The van der Waals surface area contributed by atoms with E-state index in [1.54, 1.807) is 53.6 Å². The van der Waals surface area contributed by atoms with Gasteiger partial charge in [0.1, 0.15) is 11.7 Å². The van der Waals surface area contributed by atoms with Gasteiger partial charge in [-0.25, -0.2) is 22.9 Å². The number of anilines is 2. The number of sulfonamides is 1. The number of amides is 6. The van der Waals surface area contributed by atoms with Crippen molar-refractivity contribution in [2.24, 2.45) is 0 Å². The van der Waals surface area contributed by atoms with E-state index in [4.69, 9.17) is 14.8 Å². The van der Waals surface area contributed by atoms with E-state index in [0.717, 1.165) is 48.1 Å². The second kappa shape index (κ2) is 20.6. The van der Waals surface area contributed by atoms with Crippen LogP contribution in [-0.2, 0) is 24.3 Å². The molecule has 1 unspecified atom stereocenters. The normalized spacial score (nSPS) is 20.4. The van der Waals surface area contributed by atoms with Crippen molar-refractivity contribution in [3.8, 4) is 11.3 Å². The lowest BCUT2D eigenvalue weighted by Gasteiger charge is -2.34. The summed E-state index contributed by atoms with van der Waals surface area (Å²) in [5.74, 6) is -1.70. The number of piperidine rings is 1. The van der Waals surface area contributed by atoms with Crippen LogP contribution in [0.15, 0.2) is 53.6 Å². The average Bonchev–Trinajstić information content (AvgIpc) is 3.82. The Hall–Kier alpha value is -6.03. The van der Waals surface area contributed by atoms with Gasteiger partial charge >= 0.3 is 6.03 Å². The molecule has 20 nitrogen and oxygen atoms in total. The number of imide groups is 2. The first kappa shape index (κ1) is 46.5. The Morgan fingerprint density at radius 2 is 1.61 bits per heavy atom. The van der Waals surface area contributed by atoms with Gasteiger partial charge in [-0.2, -0.15) is 14.4 Å². The molecule has 2 aromatic carbocycles. The van der Waals surface area contributed by atoms with E-state index in [2.05, 4.69) is 33.2 Å². The van der Waals surface area contributed by atoms with Crippen LogP contribution >= 0.6 is 0 Å². The molecule has 21 heteroatoms. The van der Waals surface area contributed by atoms with Gasteiger partial charge in [-0.15, -0.1) is 0 Å². The monoisotopic (exact) mass is 927 g/mol. The number of piperazine rings is 1. The van der Waals surface area contributed by atoms with Gasteiger partial charge in [-0.3, -0.25) is 29.4 Å². The zero-order valence-electron chi connectivity index (χ0n) is 37.0. The second-order valence-electron chi connectivity index (χ2n) is 17.0. The maximum atomic E-state index is 13.7. The standard InChI is InChI=1S/C45H57N11O9S/c1-2-3-19-47-44-49-28-34-39(52-56(40(34)51-44)30-11-13-31(57)14-12-30)29-9-15-32(16-10-29)66(63,64)54-24-22-53(23-25-54)45(62)48-21-6-27-65-26-5-20-46-35-8-4-7-33-38(35)43(61)55(42(33)60)36-17-18-37(58)50-41(36)59/h4,7-10,15-16,28,30-31,36,46,57H,2-3,5-6,11-14,17-27H2,1H3,(H,48,62)(H,47,49,51)(H,50,58,59). The van der Waals surface area contributed by atoms with E-state index in [-0.39, 0.29) is 73.2 Å². The number of ether oxygens (including phenoxy) is 1. The third kappa shape index (κ3) is 10.0. The van der Waals surface area contributed by atoms with Gasteiger partial charge in [0.25, 0.3) is 11.8 Å². The highest BCUT2D eigenvalue weighted by atomic mass is 32.2. The van der Waals surface area contributed by atoms with E-state index in [9.17, 15) is 37.5 Å². The maximum absolute atomic E-state index is 13.7. The van der Waals surface area contributed by atoms with Crippen LogP contribution in [0.3, 0.4) is 0 Å². The number of nitrogens with zero attached hydrogens (tertiary/aromatic N) is 7. The van der Waals surface area contributed by atoms with Gasteiger partial charge in [0, 0.05) is 82.9 Å². The molecule has 1 atom stereocenters. The summed E-state index contributed by atoms with van der Waals surface area (Å²) in [5, 5.41) is 27.5. The van der Waals surface area contributed by atoms with Crippen LogP contribution in [0.5, 0.6) is 0 Å². The molecule has 352 valence electrons. The van der Waals surface area contributed by atoms with E-state index >= 15 is 0 Å². The summed E-state index contributed by atoms with van der Waals surface area (Å²) < 4.78 is 36.6. The van der Waals surface area contributed by atoms with Crippen molar-refractivity contribution in [3.63, 3.8) is 0 Å². The fourth-order valence-electron chi connectivity index (χ4n) is 8.86. The summed E-state index contributed by atoms with van der Waals surface area (Å²) in [4.78, 5) is 75.4. The smallest absolute Gasteiger partial charge is 0.317 e. The predicted octanol–water partition coefficient (Wildman–Crippen LogP) is 3.51. The fourth-order valence-corrected chi connectivity index (χ4v) is 10.3. The number of unbranched alkanes of at least 4 members (excludes halogenated alkanes) is 1. The summed E-state index contributed by atoms with van der Waals surface area (Å²) >= 11 is 0. The molecular formula is C45H57N11O9S. The Kier molecular flexibility index (Phi) is 14.5. The fraction of sp³-hybridized carbons (Fsp3) is 0.511. The number of aliphatic hydroxyl groups excluding tert-OH is 1. The van der Waals surface area contributed by atoms with Crippen molar-refractivity contribution in [2.45, 2.75) is 94.2 Å². The van der Waals surface area contributed by atoms with Crippen molar-refractivity contribution in [1.29, 1.82) is 0 Å². The Morgan fingerprint density at radius 1 is 0.879 bits per heavy atom. The van der Waals surface area contributed by atoms with Crippen LogP contribution in [0.25, 0.3) is 22.3 Å². The van der Waals surface area contributed by atoms with Crippen molar-refractivity contribution in [3.05, 3.63) is 59.8 Å². The van der Waals surface area contributed by atoms with Crippen molar-refractivity contribution < 1.29 is 42.2 Å². The molecule has 0 bridgehead atoms. The predicted molar refractivity (Wildman–Crippen MR) is 243 cm³/mol. The molecule has 3 aliphatic heterocycles. The van der Waals surface area contributed by atoms with Crippen LogP contribution in [0, 0.1) is 0 Å². The lowest BCUT2D eigenvalue weighted by Crippen LogP contribution is -2.54. The van der Waals surface area contributed by atoms with Gasteiger partial charge in [0.05, 0.1) is 33.6 Å². The quantitative estimate of drug-likeness (QED) is 0.0708. The number of benzene rings is 2. The van der Waals surface area contributed by atoms with Gasteiger partial charge in [-0.05, 0) is 75.6 Å². The van der Waals surface area contributed by atoms with Crippen molar-refractivity contribution in [1.82, 2.24) is 44.5 Å². The van der Waals surface area contributed by atoms with Crippen LogP contribution in [0.1, 0.15) is 97.9 Å². The highest BCUT2D eigenvalue weighted by Crippen LogP contribution is 2.36. The minimum Gasteiger partial charge on any atom is -0.393 e. The van der Waals surface area contributed by atoms with Crippen molar-refractivity contribution >= 4 is 62.4 Å². The number of hydrogen-bond acceptors (Lipinski definition) is 14. The number of aromatic nitrogens is 4. The van der Waals surface area contributed by atoms with Crippen LogP contribution < -0.4 is 21.3 Å². The average molecular weight is 928 g/mol. The third-order valence-corrected chi connectivity index (χ3v) is 14.5. The summed E-state index contributed by atoms with van der Waals surface area (Å²) in [5.41, 5.74) is 2.98. The second-order valence-corrected chi connectivity index (χ2v) is 19.0. The Balaban J connectivity index is 0.760. The molecule has 6 amide bonds. The first-order chi connectivity index (χ1) is 31.9. The molecule has 4 aromatic rings. The summed E-state index contributed by atoms with van der Waals surface area (Å²) in [7, 11) is -3.84. The maximum Gasteiger partial charge on any atom is 0.317 e. The highest BCUT2D eigenvalue weighted by molar-refractivity contribution is 7.89. The van der Waals surface area contributed by atoms with Crippen molar-refractivity contribution in [2.75, 3.05) is 69.7 Å². The highest BCUT2D eigenvalue weighted by Gasteiger charge is 2.45. The van der Waals surface area contributed by atoms with Crippen LogP contribution in [0.2, 0.25) is 0 Å². The Morgan fingerprint density at radius 3 is 2.33 bits per heavy atom. The number of fused-ring (bicyclic) bond motifs is 2. The number of nitrogens with one attached hydrogen (secondary N) is 4. The summed E-state index contributed by atoms with van der Waals surface area (Å²) in [6.07, 6.45) is 7.70. The molecule has 1 aliphatic carbocycles. The topological polar surface area (TPSA) is 250 Å². The van der Waals surface area contributed by atoms with E-state index in [1.165, 1.54) is 4.31 Å². The number of rotatable bonds is 18. The SMILES string of the molecule is CCCCNc1ncc2c(-c3ccc(S(=O)(=O)N4CCN(C(=O)NCCCOCCCNc5cccc6c5C(=O)N(C5CCC(=O)NC5=O)C6=O)CC4)cc3)nn(C3CCC(O)CC3)c2n1. The first-order valence-corrected chi connectivity index (χ1v) is 24.3. The number of carbonyl (C=O) groups excluding carboxylic acids is 5. The lowest BCUT2D eigenvalue weighted by molar-refractivity contribution is -0.136. The molecule has 3 fully saturated rings. The largest absolute Gasteiger partial charge is 0.393 e. The third-order valence-electron chi connectivity index (χ3n) is 12.6. The molecule has 2 aromatic heterocycles. The van der Waals surface area contributed by atoms with Gasteiger partial charge in [0.2, 0.25) is 27.8 Å². The Labute approximate surface area is 382 Å². The number of aliphatic hydroxyl groups is 1. The molecule has 4 aliphatic rings. The number of hydrogen-bond donors (Lipinski definition) is 5. The van der Waals surface area contributed by atoms with Crippen LogP contribution in [-0.4, -0.2) is 148 Å². The molecule has 1 saturated carbocycles. The minimum atomic E-state index is -3.84. The molecule has 0 radical (unpaired) electrons. The minimum absolute atomic E-state index is 0.0463. The van der Waals surface area contributed by atoms with Crippen LogP contribution in [0.4, 0.5) is 16.4 Å². The summed E-state index contributed by atoms with van der Waals surface area (Å²) in [6.45, 7) is 5.29. The van der Waals surface area contributed by atoms with E-state index < -0.39 is 39.7 Å². The Bertz CT molecular complexity index is 2550. The number of carbonyl (C=O) groups is 5. The molecule has 66 heavy (non-hydrogen) atoms. The molecule has 5 heterocycles. The zero-order chi connectivity index (χ0) is 46.4. The van der Waals surface area contributed by atoms with Gasteiger partial charge in [-0.1, -0.05) is 31.5 Å². The molecule has 5 N–H and O–H groups in total. The lowest BCUT2D eigenvalue weighted by atomic mass is 9.93. The number of urea groups is 1. The molecular weight excluding hydrogens is 871 g/mol. The van der Waals surface area contributed by atoms with Gasteiger partial charge in [0.15, 0.2) is 5.65 Å². The molecule has 0 spiro atoms. The van der Waals surface area contributed by atoms with E-state index in [1.807, 2.05) is 4.68 Å². The molecule has 8 rings (SSSR count). The van der Waals surface area contributed by atoms with Gasteiger partial charge < -0.3 is 30.7 Å².